The molecule has 0 unspecified atom stereocenters. The highest BCUT2D eigenvalue weighted by Gasteiger charge is 1.99. The fourth-order valence-corrected chi connectivity index (χ4v) is 1.97. The smallest absolute Gasteiger partial charge is 0.0514 e. The van der Waals surface area contributed by atoms with E-state index < -0.39 is 0 Å². The summed E-state index contributed by atoms with van der Waals surface area (Å²) >= 11 is 1.68. The maximum Gasteiger partial charge on any atom is 0.0514 e. The summed E-state index contributed by atoms with van der Waals surface area (Å²) in [7, 11) is 0. The number of benzene rings is 1. The van der Waals surface area contributed by atoms with Crippen LogP contribution in [0.15, 0.2) is 41.8 Å². The van der Waals surface area contributed by atoms with Crippen molar-refractivity contribution in [2.45, 2.75) is 6.54 Å². The third-order valence-corrected chi connectivity index (χ3v) is 2.94. The molecule has 0 bridgehead atoms. The molecule has 72 valence electrons. The van der Waals surface area contributed by atoms with Crippen molar-refractivity contribution in [3.05, 3.63) is 46.7 Å². The number of thiophene rings is 1. The van der Waals surface area contributed by atoms with E-state index in [0.29, 0.717) is 0 Å². The van der Waals surface area contributed by atoms with Crippen molar-refractivity contribution in [3.8, 4) is 0 Å². The summed E-state index contributed by atoms with van der Waals surface area (Å²) in [4.78, 5) is 1.19. The SMILES string of the molecule is Nc1ccsc1CNc1ccccc1. The van der Waals surface area contributed by atoms with Gasteiger partial charge in [0.15, 0.2) is 0 Å². The first-order valence-electron chi connectivity index (χ1n) is 4.47. The van der Waals surface area contributed by atoms with Crippen molar-refractivity contribution < 1.29 is 0 Å². The first kappa shape index (κ1) is 9.09. The second-order valence-corrected chi connectivity index (χ2v) is 4.02. The minimum absolute atomic E-state index is 0.799. The van der Waals surface area contributed by atoms with Gasteiger partial charge in [-0.3, -0.25) is 0 Å². The Morgan fingerprint density at radius 1 is 1.14 bits per heavy atom. The molecule has 0 aliphatic carbocycles. The summed E-state index contributed by atoms with van der Waals surface area (Å²) in [6.45, 7) is 0.799. The van der Waals surface area contributed by atoms with Crippen molar-refractivity contribution in [1.82, 2.24) is 0 Å². The highest BCUT2D eigenvalue weighted by Crippen LogP contribution is 2.20. The zero-order chi connectivity index (χ0) is 9.80. The molecule has 0 fully saturated rings. The van der Waals surface area contributed by atoms with Crippen molar-refractivity contribution in [2.24, 2.45) is 0 Å². The molecule has 0 aliphatic rings. The monoisotopic (exact) mass is 204 g/mol. The largest absolute Gasteiger partial charge is 0.398 e. The zero-order valence-electron chi connectivity index (χ0n) is 7.73. The molecule has 14 heavy (non-hydrogen) atoms. The molecule has 0 aliphatic heterocycles. The van der Waals surface area contributed by atoms with Crippen LogP contribution in [0.5, 0.6) is 0 Å². The van der Waals surface area contributed by atoms with Crippen LogP contribution in [0.2, 0.25) is 0 Å². The molecule has 2 aromatic rings. The van der Waals surface area contributed by atoms with Crippen LogP contribution in [0.25, 0.3) is 0 Å². The standard InChI is InChI=1S/C11H12N2S/c12-10-6-7-14-11(10)8-13-9-4-2-1-3-5-9/h1-7,13H,8,12H2. The van der Waals surface area contributed by atoms with Gasteiger partial charge in [-0.2, -0.15) is 0 Å². The fourth-order valence-electron chi connectivity index (χ4n) is 1.23. The number of nitrogens with two attached hydrogens (primary N) is 1. The average Bonchev–Trinajstić information content (AvgIpc) is 2.63. The van der Waals surface area contributed by atoms with Crippen LogP contribution < -0.4 is 11.1 Å². The van der Waals surface area contributed by atoms with Crippen LogP contribution in [0, 0.1) is 0 Å². The van der Waals surface area contributed by atoms with Gasteiger partial charge in [0, 0.05) is 16.3 Å². The third kappa shape index (κ3) is 2.06. The predicted octanol–water partition coefficient (Wildman–Crippen LogP) is 2.94. The Labute approximate surface area is 87.4 Å². The summed E-state index contributed by atoms with van der Waals surface area (Å²) in [5.74, 6) is 0. The van der Waals surface area contributed by atoms with Crippen molar-refractivity contribution in [1.29, 1.82) is 0 Å². The molecule has 0 saturated heterocycles. The Kier molecular flexibility index (Phi) is 2.70. The van der Waals surface area contributed by atoms with Gasteiger partial charge in [-0.05, 0) is 23.6 Å². The molecule has 2 rings (SSSR count). The zero-order valence-corrected chi connectivity index (χ0v) is 8.55. The molecule has 0 radical (unpaired) electrons. The number of nitrogens with one attached hydrogen (secondary N) is 1. The summed E-state index contributed by atoms with van der Waals surface area (Å²) < 4.78 is 0. The third-order valence-electron chi connectivity index (χ3n) is 2.01. The van der Waals surface area contributed by atoms with Gasteiger partial charge < -0.3 is 11.1 Å². The van der Waals surface area contributed by atoms with E-state index in [0.717, 1.165) is 17.9 Å². The molecular weight excluding hydrogens is 192 g/mol. The van der Waals surface area contributed by atoms with E-state index in [1.807, 2.05) is 41.8 Å². The molecular formula is C11H12N2S. The maximum atomic E-state index is 5.78. The highest BCUT2D eigenvalue weighted by atomic mass is 32.1. The van der Waals surface area contributed by atoms with Gasteiger partial charge in [0.05, 0.1) is 6.54 Å². The maximum absolute atomic E-state index is 5.78. The van der Waals surface area contributed by atoms with E-state index in [9.17, 15) is 0 Å². The van der Waals surface area contributed by atoms with Gasteiger partial charge in [0.2, 0.25) is 0 Å². The molecule has 2 nitrogen and oxygen atoms in total. The lowest BCUT2D eigenvalue weighted by atomic mass is 10.3. The Bertz CT molecular complexity index is 395. The minimum Gasteiger partial charge on any atom is -0.398 e. The predicted molar refractivity (Wildman–Crippen MR) is 62.5 cm³/mol. The molecule has 3 N–H and O–H groups in total. The molecule has 1 heterocycles. The fraction of sp³-hybridized carbons (Fsp3) is 0.0909. The second kappa shape index (κ2) is 4.15. The van der Waals surface area contributed by atoms with E-state index in [1.54, 1.807) is 11.3 Å². The molecule has 0 atom stereocenters. The van der Waals surface area contributed by atoms with Crippen LogP contribution >= 0.6 is 11.3 Å². The molecule has 3 heteroatoms. The van der Waals surface area contributed by atoms with Crippen LogP contribution in [0.3, 0.4) is 0 Å². The minimum atomic E-state index is 0.799. The quantitative estimate of drug-likeness (QED) is 0.806. The summed E-state index contributed by atoms with van der Waals surface area (Å²) in [5.41, 5.74) is 7.77. The van der Waals surface area contributed by atoms with Gasteiger partial charge in [0.1, 0.15) is 0 Å². The van der Waals surface area contributed by atoms with Crippen molar-refractivity contribution in [2.75, 3.05) is 11.1 Å². The van der Waals surface area contributed by atoms with Crippen LogP contribution in [0.1, 0.15) is 4.88 Å². The molecule has 1 aromatic carbocycles. The summed E-state index contributed by atoms with van der Waals surface area (Å²) in [5, 5.41) is 5.33. The average molecular weight is 204 g/mol. The van der Waals surface area contributed by atoms with Gasteiger partial charge in [-0.25, -0.2) is 0 Å². The molecule has 0 saturated carbocycles. The molecule has 1 aromatic heterocycles. The summed E-state index contributed by atoms with van der Waals surface area (Å²) in [6, 6.07) is 12.1. The van der Waals surface area contributed by atoms with Crippen LogP contribution in [0.4, 0.5) is 11.4 Å². The number of nitrogen functional groups attached to an aromatic ring is 1. The van der Waals surface area contributed by atoms with Crippen molar-refractivity contribution in [3.63, 3.8) is 0 Å². The van der Waals surface area contributed by atoms with E-state index in [1.165, 1.54) is 4.88 Å². The Morgan fingerprint density at radius 3 is 2.57 bits per heavy atom. The lowest BCUT2D eigenvalue weighted by Crippen LogP contribution is -1.99. The number of hydrogen-bond acceptors (Lipinski definition) is 3. The van der Waals surface area contributed by atoms with Gasteiger partial charge in [-0.15, -0.1) is 11.3 Å². The molecule has 0 amide bonds. The van der Waals surface area contributed by atoms with E-state index in [4.69, 9.17) is 5.73 Å². The number of hydrogen-bond donors (Lipinski definition) is 2. The molecule has 0 spiro atoms. The number of rotatable bonds is 3. The van der Waals surface area contributed by atoms with Crippen LogP contribution in [-0.2, 0) is 6.54 Å². The highest BCUT2D eigenvalue weighted by molar-refractivity contribution is 7.10. The first-order chi connectivity index (χ1) is 6.86. The lowest BCUT2D eigenvalue weighted by molar-refractivity contribution is 1.20. The van der Waals surface area contributed by atoms with Gasteiger partial charge in [-0.1, -0.05) is 18.2 Å². The van der Waals surface area contributed by atoms with E-state index in [-0.39, 0.29) is 0 Å². The summed E-state index contributed by atoms with van der Waals surface area (Å²) in [6.07, 6.45) is 0. The lowest BCUT2D eigenvalue weighted by Gasteiger charge is -2.04. The Balaban J connectivity index is 1.99. The Hall–Kier alpha value is -1.48. The Morgan fingerprint density at radius 2 is 1.93 bits per heavy atom. The van der Waals surface area contributed by atoms with Crippen LogP contribution in [-0.4, -0.2) is 0 Å². The van der Waals surface area contributed by atoms with E-state index in [2.05, 4.69) is 5.32 Å². The van der Waals surface area contributed by atoms with Crippen molar-refractivity contribution >= 4 is 22.7 Å². The second-order valence-electron chi connectivity index (χ2n) is 3.02. The first-order valence-corrected chi connectivity index (χ1v) is 5.35. The van der Waals surface area contributed by atoms with Gasteiger partial charge >= 0.3 is 0 Å². The van der Waals surface area contributed by atoms with Gasteiger partial charge in [0.25, 0.3) is 0 Å². The normalized spacial score (nSPS) is 10.0. The van der Waals surface area contributed by atoms with E-state index >= 15 is 0 Å². The topological polar surface area (TPSA) is 38.0 Å². The number of para-hydroxylation sites is 1. The number of anilines is 2.